The van der Waals surface area contributed by atoms with E-state index >= 15 is 0 Å². The molecule has 1 saturated carbocycles. The summed E-state index contributed by atoms with van der Waals surface area (Å²) in [6, 6.07) is 0. The van der Waals surface area contributed by atoms with Crippen LogP contribution in [-0.4, -0.2) is 43.0 Å². The first-order valence-electron chi connectivity index (χ1n) is 7.72. The van der Waals surface area contributed by atoms with E-state index in [1.807, 2.05) is 0 Å². The first-order valence-corrected chi connectivity index (χ1v) is 8.13. The summed E-state index contributed by atoms with van der Waals surface area (Å²) in [7, 11) is 4.12. The molecule has 20 heavy (non-hydrogen) atoms. The molecule has 0 aromatic heterocycles. The Balaban J connectivity index is 2.46. The minimum atomic E-state index is -0.590. The van der Waals surface area contributed by atoms with Crippen molar-refractivity contribution in [1.82, 2.24) is 10.2 Å². The van der Waals surface area contributed by atoms with Gasteiger partial charge in [0.05, 0.1) is 10.4 Å². The zero-order valence-corrected chi connectivity index (χ0v) is 13.7. The molecular weight excluding hydrogens is 270 g/mol. The van der Waals surface area contributed by atoms with Crippen molar-refractivity contribution in [3.63, 3.8) is 0 Å². The number of nitrogens with two attached hydrogens (primary N) is 1. The Labute approximate surface area is 128 Å². The number of nitrogens with zero attached hydrogens (tertiary/aromatic N) is 1. The predicted molar refractivity (Wildman–Crippen MR) is 87.7 cm³/mol. The summed E-state index contributed by atoms with van der Waals surface area (Å²) in [6.45, 7) is 1.77. The molecule has 0 unspecified atom stereocenters. The standard InChI is InChI=1S/C15H29N3OS/c1-18(2)12-8-7-11-17-14(19)15(13(16)20)9-5-3-4-6-10-15/h3-12H2,1-2H3,(H2,16,20)(H,17,19). The molecule has 0 bridgehead atoms. The van der Waals surface area contributed by atoms with Crippen LogP contribution in [0.4, 0.5) is 0 Å². The van der Waals surface area contributed by atoms with Crippen molar-refractivity contribution in [1.29, 1.82) is 0 Å². The SMILES string of the molecule is CN(C)CCCCNC(=O)C1(C(N)=S)CCCCCC1. The van der Waals surface area contributed by atoms with Gasteiger partial charge in [0.1, 0.15) is 0 Å². The Morgan fingerprint density at radius 1 is 1.20 bits per heavy atom. The number of carbonyl (C=O) groups is 1. The number of hydrogen-bond donors (Lipinski definition) is 2. The molecule has 0 radical (unpaired) electrons. The Hall–Kier alpha value is -0.680. The Morgan fingerprint density at radius 3 is 2.30 bits per heavy atom. The van der Waals surface area contributed by atoms with Gasteiger partial charge in [-0.1, -0.05) is 37.9 Å². The van der Waals surface area contributed by atoms with E-state index in [9.17, 15) is 4.79 Å². The fourth-order valence-electron chi connectivity index (χ4n) is 2.84. The van der Waals surface area contributed by atoms with Gasteiger partial charge < -0.3 is 16.0 Å². The number of nitrogens with one attached hydrogen (secondary N) is 1. The number of amides is 1. The van der Waals surface area contributed by atoms with Crippen LogP contribution in [0.1, 0.15) is 51.4 Å². The number of unbranched alkanes of at least 4 members (excludes halogenated alkanes) is 1. The van der Waals surface area contributed by atoms with Gasteiger partial charge in [-0.3, -0.25) is 4.79 Å². The lowest BCUT2D eigenvalue weighted by molar-refractivity contribution is -0.128. The molecule has 1 amide bonds. The van der Waals surface area contributed by atoms with Crippen molar-refractivity contribution < 1.29 is 4.79 Å². The fourth-order valence-corrected chi connectivity index (χ4v) is 3.14. The highest BCUT2D eigenvalue weighted by atomic mass is 32.1. The largest absolute Gasteiger partial charge is 0.392 e. The summed E-state index contributed by atoms with van der Waals surface area (Å²) in [5, 5.41) is 3.05. The van der Waals surface area contributed by atoms with Gasteiger partial charge in [-0.2, -0.15) is 0 Å². The average molecular weight is 299 g/mol. The summed E-state index contributed by atoms with van der Waals surface area (Å²) in [6.07, 6.45) is 8.17. The molecule has 1 aliphatic rings. The van der Waals surface area contributed by atoms with Crippen molar-refractivity contribution in [3.8, 4) is 0 Å². The molecular formula is C15H29N3OS. The lowest BCUT2D eigenvalue weighted by Gasteiger charge is -2.30. The van der Waals surface area contributed by atoms with Crippen LogP contribution in [0, 0.1) is 5.41 Å². The van der Waals surface area contributed by atoms with Crippen LogP contribution in [0.15, 0.2) is 0 Å². The van der Waals surface area contributed by atoms with E-state index in [0.717, 1.165) is 51.6 Å². The second kappa shape index (κ2) is 8.57. The summed E-state index contributed by atoms with van der Waals surface area (Å²) in [4.78, 5) is 15.1. The Morgan fingerprint density at radius 2 is 1.80 bits per heavy atom. The highest BCUT2D eigenvalue weighted by Gasteiger charge is 2.41. The van der Waals surface area contributed by atoms with Crippen LogP contribution in [0.5, 0.6) is 0 Å². The van der Waals surface area contributed by atoms with Crippen LogP contribution < -0.4 is 11.1 Å². The average Bonchev–Trinajstić information content (AvgIpc) is 2.64. The molecule has 1 fully saturated rings. The summed E-state index contributed by atoms with van der Waals surface area (Å²) in [5.74, 6) is 0.0525. The quantitative estimate of drug-likeness (QED) is 0.429. The molecule has 0 atom stereocenters. The van der Waals surface area contributed by atoms with Crippen molar-refractivity contribution in [3.05, 3.63) is 0 Å². The zero-order chi connectivity index (χ0) is 15.0. The van der Waals surface area contributed by atoms with Crippen LogP contribution in [0.25, 0.3) is 0 Å². The van der Waals surface area contributed by atoms with Crippen molar-refractivity contribution in [2.75, 3.05) is 27.2 Å². The van der Waals surface area contributed by atoms with Crippen LogP contribution in [0.3, 0.4) is 0 Å². The van der Waals surface area contributed by atoms with Gasteiger partial charge in [0.15, 0.2) is 0 Å². The highest BCUT2D eigenvalue weighted by Crippen LogP contribution is 2.35. The van der Waals surface area contributed by atoms with Gasteiger partial charge >= 0.3 is 0 Å². The van der Waals surface area contributed by atoms with Crippen molar-refractivity contribution in [2.24, 2.45) is 11.1 Å². The molecule has 4 nitrogen and oxygen atoms in total. The van der Waals surface area contributed by atoms with Gasteiger partial charge in [0.2, 0.25) is 5.91 Å². The first-order chi connectivity index (χ1) is 9.49. The van der Waals surface area contributed by atoms with Crippen LogP contribution in [-0.2, 0) is 4.79 Å². The lowest BCUT2D eigenvalue weighted by Crippen LogP contribution is -2.49. The highest BCUT2D eigenvalue weighted by molar-refractivity contribution is 7.80. The lowest BCUT2D eigenvalue weighted by atomic mass is 9.79. The molecule has 116 valence electrons. The number of rotatable bonds is 7. The zero-order valence-electron chi connectivity index (χ0n) is 12.9. The number of thiocarbonyl (C=S) groups is 1. The van der Waals surface area contributed by atoms with Gasteiger partial charge in [0.25, 0.3) is 0 Å². The van der Waals surface area contributed by atoms with E-state index < -0.39 is 5.41 Å². The molecule has 1 rings (SSSR count). The second-order valence-electron chi connectivity index (χ2n) is 6.13. The van der Waals surface area contributed by atoms with Gasteiger partial charge in [-0.25, -0.2) is 0 Å². The molecule has 0 aromatic rings. The van der Waals surface area contributed by atoms with Gasteiger partial charge in [0, 0.05) is 6.54 Å². The summed E-state index contributed by atoms with van der Waals surface area (Å²) in [5.41, 5.74) is 5.32. The third kappa shape index (κ3) is 5.02. The molecule has 0 aromatic carbocycles. The predicted octanol–water partition coefficient (Wildman–Crippen LogP) is 2.07. The fraction of sp³-hybridized carbons (Fsp3) is 0.867. The molecule has 0 heterocycles. The third-order valence-electron chi connectivity index (χ3n) is 4.18. The minimum Gasteiger partial charge on any atom is -0.392 e. The molecule has 1 aliphatic carbocycles. The van der Waals surface area contributed by atoms with Gasteiger partial charge in [-0.15, -0.1) is 0 Å². The molecule has 0 saturated heterocycles. The van der Waals surface area contributed by atoms with E-state index in [1.165, 1.54) is 12.8 Å². The maximum atomic E-state index is 12.5. The van der Waals surface area contributed by atoms with Gasteiger partial charge in [-0.05, 0) is 46.3 Å². The summed E-state index contributed by atoms with van der Waals surface area (Å²) < 4.78 is 0. The third-order valence-corrected chi connectivity index (χ3v) is 4.57. The minimum absolute atomic E-state index is 0.0525. The Bertz CT molecular complexity index is 323. The maximum absolute atomic E-state index is 12.5. The van der Waals surface area contributed by atoms with E-state index in [-0.39, 0.29) is 5.91 Å². The van der Waals surface area contributed by atoms with E-state index in [0.29, 0.717) is 4.99 Å². The van der Waals surface area contributed by atoms with E-state index in [2.05, 4.69) is 24.3 Å². The summed E-state index contributed by atoms with van der Waals surface area (Å²) >= 11 is 5.21. The normalized spacial score (nSPS) is 18.6. The second-order valence-corrected chi connectivity index (χ2v) is 6.57. The molecule has 0 spiro atoms. The first kappa shape index (κ1) is 17.4. The van der Waals surface area contributed by atoms with Crippen LogP contribution >= 0.6 is 12.2 Å². The van der Waals surface area contributed by atoms with E-state index in [1.54, 1.807) is 0 Å². The number of hydrogen-bond acceptors (Lipinski definition) is 3. The molecule has 5 heteroatoms. The van der Waals surface area contributed by atoms with Crippen LogP contribution in [0.2, 0.25) is 0 Å². The van der Waals surface area contributed by atoms with Crippen molar-refractivity contribution >= 4 is 23.1 Å². The maximum Gasteiger partial charge on any atom is 0.233 e. The van der Waals surface area contributed by atoms with E-state index in [4.69, 9.17) is 18.0 Å². The molecule has 3 N–H and O–H groups in total. The topological polar surface area (TPSA) is 58.4 Å². The monoisotopic (exact) mass is 299 g/mol. The smallest absolute Gasteiger partial charge is 0.233 e. The van der Waals surface area contributed by atoms with Crippen molar-refractivity contribution in [2.45, 2.75) is 51.4 Å². The number of carbonyl (C=O) groups excluding carboxylic acids is 1. The Kier molecular flexibility index (Phi) is 7.45. The molecule has 0 aliphatic heterocycles.